The summed E-state index contributed by atoms with van der Waals surface area (Å²) in [5, 5.41) is 7.60. The minimum absolute atomic E-state index is 0.278. The molecule has 0 aliphatic heterocycles. The molecule has 3 N–H and O–H groups in total. The molecular weight excluding hydrogens is 303 g/mol. The zero-order chi connectivity index (χ0) is 8.78. The molecule has 62 valence electrons. The van der Waals surface area contributed by atoms with Gasteiger partial charge in [0.05, 0.1) is 6.54 Å². The average Bonchev–Trinajstić information content (AvgIpc) is 1.61. The van der Waals surface area contributed by atoms with E-state index in [0.29, 0.717) is 0 Å². The van der Waals surface area contributed by atoms with Crippen LogP contribution in [0.15, 0.2) is 0 Å². The molecule has 0 rings (SSSR count). The van der Waals surface area contributed by atoms with Crippen molar-refractivity contribution in [2.45, 2.75) is 0 Å². The summed E-state index contributed by atoms with van der Waals surface area (Å²) in [5.41, 5.74) is 4.57. The second-order valence-electron chi connectivity index (χ2n) is 1.03. The van der Waals surface area contributed by atoms with Crippen LogP contribution in [0.3, 0.4) is 0 Å². The summed E-state index contributed by atoms with van der Waals surface area (Å²) in [6.07, 6.45) is 0. The van der Waals surface area contributed by atoms with E-state index in [0.717, 1.165) is 0 Å². The monoisotopic (exact) mass is 305 g/mol. The number of hydrogen-bond donors (Lipinski definition) is 2. The van der Waals surface area contributed by atoms with Crippen LogP contribution in [0, 0.1) is 0 Å². The molecule has 0 unspecified atom stereocenters. The van der Waals surface area contributed by atoms with E-state index in [4.69, 9.17) is 39.2 Å². The summed E-state index contributed by atoms with van der Waals surface area (Å²) >= 11 is -3.29. The van der Waals surface area contributed by atoms with Gasteiger partial charge in [0.1, 0.15) is 0 Å². The van der Waals surface area contributed by atoms with Crippen molar-refractivity contribution in [2.24, 2.45) is 5.73 Å². The predicted molar refractivity (Wildman–Crippen MR) is 40.1 cm³/mol. The van der Waals surface area contributed by atoms with Crippen molar-refractivity contribution in [3.05, 3.63) is 0 Å². The third-order valence-electron chi connectivity index (χ3n) is 0.175. The van der Waals surface area contributed by atoms with Crippen molar-refractivity contribution in [3.8, 4) is 0 Å². The maximum absolute atomic E-state index is 9.24. The molecule has 10 heavy (non-hydrogen) atoms. The van der Waals surface area contributed by atoms with Gasteiger partial charge >= 0.3 is 55.5 Å². The van der Waals surface area contributed by atoms with Gasteiger partial charge in [-0.15, -0.1) is 0 Å². The van der Waals surface area contributed by atoms with Crippen LogP contribution in [0.5, 0.6) is 0 Å². The number of carbonyl (C=O) groups is 1. The first-order chi connectivity index (χ1) is 4.27. The van der Waals surface area contributed by atoms with E-state index >= 15 is 0 Å². The molecule has 0 amide bonds. The van der Waals surface area contributed by atoms with Gasteiger partial charge in [-0.3, -0.25) is 4.79 Å². The Morgan fingerprint density at radius 3 is 1.50 bits per heavy atom. The van der Waals surface area contributed by atoms with Gasteiger partial charge in [0.25, 0.3) is 0 Å². The number of nitrogens with two attached hydrogens (primary N) is 1. The molecule has 0 saturated carbocycles. The van der Waals surface area contributed by atoms with Gasteiger partial charge in [-0.2, -0.15) is 0 Å². The van der Waals surface area contributed by atoms with E-state index in [1.54, 1.807) is 0 Å². The van der Waals surface area contributed by atoms with Crippen LogP contribution >= 0.6 is 34.1 Å². The molecular formula is C2H5Cl4NO2Zr. The number of carboxylic acids is 1. The first kappa shape index (κ1) is 14.0. The van der Waals surface area contributed by atoms with Crippen LogP contribution in [0.2, 0.25) is 0 Å². The van der Waals surface area contributed by atoms with Gasteiger partial charge in [0.2, 0.25) is 0 Å². The second-order valence-corrected chi connectivity index (χ2v) is 23.4. The molecule has 0 aromatic rings. The summed E-state index contributed by atoms with van der Waals surface area (Å²) in [6, 6.07) is 0. The molecule has 0 aromatic carbocycles. The van der Waals surface area contributed by atoms with Gasteiger partial charge in [-0.1, -0.05) is 0 Å². The Morgan fingerprint density at radius 1 is 1.40 bits per heavy atom. The molecule has 0 atom stereocenters. The van der Waals surface area contributed by atoms with Crippen molar-refractivity contribution in [1.82, 2.24) is 0 Å². The Balaban J connectivity index is 0. The van der Waals surface area contributed by atoms with Crippen molar-refractivity contribution in [1.29, 1.82) is 0 Å². The number of carboxylic acid groups (broad SMARTS) is 1. The third-order valence-corrected chi connectivity index (χ3v) is 0.175. The van der Waals surface area contributed by atoms with Crippen LogP contribution in [0.25, 0.3) is 0 Å². The number of rotatable bonds is 1. The van der Waals surface area contributed by atoms with E-state index in [1.807, 2.05) is 0 Å². The summed E-state index contributed by atoms with van der Waals surface area (Å²) in [6.45, 7) is -0.278. The van der Waals surface area contributed by atoms with Crippen molar-refractivity contribution in [2.75, 3.05) is 6.54 Å². The van der Waals surface area contributed by atoms with Crippen LogP contribution in [0.1, 0.15) is 0 Å². The molecule has 8 heteroatoms. The Morgan fingerprint density at radius 2 is 1.50 bits per heavy atom. The number of halogens is 4. The van der Waals surface area contributed by atoms with E-state index < -0.39 is 21.5 Å². The predicted octanol–water partition coefficient (Wildman–Crippen LogP) is 1.79. The van der Waals surface area contributed by atoms with Crippen molar-refractivity contribution in [3.63, 3.8) is 0 Å². The standard InChI is InChI=1S/C2H5NO2.4ClH.Zr/c3-1-2(4)5;;;;;/h1,3H2,(H,4,5);4*1H;/q;;;;;+4/p-4. The molecule has 0 heterocycles. The topological polar surface area (TPSA) is 63.3 Å². The molecule has 0 aliphatic rings. The minimum atomic E-state index is -3.29. The van der Waals surface area contributed by atoms with Crippen LogP contribution in [-0.4, -0.2) is 17.6 Å². The van der Waals surface area contributed by atoms with Crippen LogP contribution < -0.4 is 5.73 Å². The quantitative estimate of drug-likeness (QED) is 0.776. The SMILES string of the molecule is NCC(=O)O.[Cl][Zr]([Cl])([Cl])[Cl]. The Labute approximate surface area is 77.0 Å². The van der Waals surface area contributed by atoms with Crippen molar-refractivity contribution >= 4 is 40.0 Å². The molecule has 0 radical (unpaired) electrons. The van der Waals surface area contributed by atoms with Crippen molar-refractivity contribution < 1.29 is 25.4 Å². The maximum atomic E-state index is 9.24. The van der Waals surface area contributed by atoms with Crippen LogP contribution in [0.4, 0.5) is 0 Å². The van der Waals surface area contributed by atoms with Gasteiger partial charge < -0.3 is 10.8 Å². The first-order valence-electron chi connectivity index (χ1n) is 1.95. The van der Waals surface area contributed by atoms with Gasteiger partial charge in [0.15, 0.2) is 0 Å². The number of hydrogen-bond acceptors (Lipinski definition) is 2. The van der Waals surface area contributed by atoms with E-state index in [9.17, 15) is 4.79 Å². The number of aliphatic carboxylic acids is 1. The fourth-order valence-corrected chi connectivity index (χ4v) is 0. The van der Waals surface area contributed by atoms with E-state index in [2.05, 4.69) is 5.73 Å². The van der Waals surface area contributed by atoms with E-state index in [1.165, 1.54) is 0 Å². The Bertz CT molecular complexity index is 97.9. The van der Waals surface area contributed by atoms with E-state index in [-0.39, 0.29) is 6.54 Å². The Hall–Kier alpha value is 1.47. The molecule has 0 aromatic heterocycles. The zero-order valence-electron chi connectivity index (χ0n) is 4.65. The summed E-state index contributed by atoms with van der Waals surface area (Å²) in [5.74, 6) is -0.968. The normalized spacial score (nSPS) is 9.70. The molecule has 0 fully saturated rings. The molecule has 0 bridgehead atoms. The first-order valence-corrected chi connectivity index (χ1v) is 14.6. The Kier molecular flexibility index (Phi) is 10.0. The van der Waals surface area contributed by atoms with Gasteiger partial charge in [0, 0.05) is 0 Å². The second kappa shape index (κ2) is 7.14. The molecule has 3 nitrogen and oxygen atoms in total. The van der Waals surface area contributed by atoms with Crippen LogP contribution in [-0.2, 0) is 20.3 Å². The molecule has 0 spiro atoms. The van der Waals surface area contributed by atoms with Gasteiger partial charge in [-0.25, -0.2) is 0 Å². The summed E-state index contributed by atoms with van der Waals surface area (Å²) < 4.78 is 0. The fraction of sp³-hybridized carbons (Fsp3) is 0.500. The fourth-order valence-electron chi connectivity index (χ4n) is 0. The molecule has 0 saturated heterocycles. The average molecular weight is 308 g/mol. The summed E-state index contributed by atoms with van der Waals surface area (Å²) in [7, 11) is 20.1. The third kappa shape index (κ3) is 56.4. The summed E-state index contributed by atoms with van der Waals surface area (Å²) in [4.78, 5) is 9.24. The molecule has 0 aliphatic carbocycles. The van der Waals surface area contributed by atoms with Gasteiger partial charge in [-0.05, 0) is 0 Å². The zero-order valence-corrected chi connectivity index (χ0v) is 10.1.